The molecule has 2 aromatic rings. The van der Waals surface area contributed by atoms with Crippen LogP contribution in [0.3, 0.4) is 0 Å². The maximum absolute atomic E-state index is 12.1. The Bertz CT molecular complexity index is 618. The standard InChI is InChI=1S/C17H19NO2/c1-11(2)20-17(19)15-10-14(12(3)9-16(15)18)13-7-5-4-6-8-13/h4-11H,18H2,1-3H3. The molecule has 3 heteroatoms. The summed E-state index contributed by atoms with van der Waals surface area (Å²) in [5, 5.41) is 0. The molecule has 0 saturated carbocycles. The number of hydrogen-bond donors (Lipinski definition) is 1. The van der Waals surface area contributed by atoms with Crippen LogP contribution in [0, 0.1) is 6.92 Å². The number of benzene rings is 2. The van der Waals surface area contributed by atoms with E-state index in [4.69, 9.17) is 10.5 Å². The molecule has 2 rings (SSSR count). The van der Waals surface area contributed by atoms with Crippen LogP contribution in [-0.4, -0.2) is 12.1 Å². The summed E-state index contributed by atoms with van der Waals surface area (Å²) in [7, 11) is 0. The van der Waals surface area contributed by atoms with Gasteiger partial charge in [-0.2, -0.15) is 0 Å². The first-order valence-electron chi connectivity index (χ1n) is 6.65. The van der Waals surface area contributed by atoms with E-state index in [1.54, 1.807) is 0 Å². The lowest BCUT2D eigenvalue weighted by molar-refractivity contribution is 0.0379. The second-order valence-electron chi connectivity index (χ2n) is 5.07. The molecule has 0 spiro atoms. The van der Waals surface area contributed by atoms with Crippen molar-refractivity contribution in [1.82, 2.24) is 0 Å². The highest BCUT2D eigenvalue weighted by Gasteiger charge is 2.15. The van der Waals surface area contributed by atoms with Crippen molar-refractivity contribution in [2.75, 3.05) is 5.73 Å². The molecule has 2 N–H and O–H groups in total. The lowest BCUT2D eigenvalue weighted by Crippen LogP contribution is -2.13. The number of anilines is 1. The first-order chi connectivity index (χ1) is 9.49. The Labute approximate surface area is 119 Å². The Morgan fingerprint density at radius 1 is 1.15 bits per heavy atom. The molecule has 0 radical (unpaired) electrons. The minimum Gasteiger partial charge on any atom is -0.459 e. The van der Waals surface area contributed by atoms with Gasteiger partial charge in [0, 0.05) is 5.69 Å². The van der Waals surface area contributed by atoms with Gasteiger partial charge in [-0.05, 0) is 49.6 Å². The van der Waals surface area contributed by atoms with Crippen molar-refractivity contribution in [3.8, 4) is 11.1 Å². The Morgan fingerprint density at radius 2 is 1.80 bits per heavy atom. The van der Waals surface area contributed by atoms with E-state index in [0.717, 1.165) is 16.7 Å². The Balaban J connectivity index is 2.48. The quantitative estimate of drug-likeness (QED) is 0.681. The van der Waals surface area contributed by atoms with Crippen LogP contribution in [-0.2, 0) is 4.74 Å². The van der Waals surface area contributed by atoms with Crippen molar-refractivity contribution < 1.29 is 9.53 Å². The largest absolute Gasteiger partial charge is 0.459 e. The Hall–Kier alpha value is -2.29. The molecule has 2 aromatic carbocycles. The first-order valence-corrected chi connectivity index (χ1v) is 6.65. The third-order valence-electron chi connectivity index (χ3n) is 3.04. The van der Waals surface area contributed by atoms with Gasteiger partial charge in [0.25, 0.3) is 0 Å². The predicted molar refractivity (Wildman–Crippen MR) is 81.6 cm³/mol. The number of rotatable bonds is 3. The summed E-state index contributed by atoms with van der Waals surface area (Å²) < 4.78 is 5.23. The fourth-order valence-electron chi connectivity index (χ4n) is 2.11. The highest BCUT2D eigenvalue weighted by molar-refractivity contribution is 5.97. The number of carbonyl (C=O) groups excluding carboxylic acids is 1. The average Bonchev–Trinajstić information content (AvgIpc) is 2.38. The van der Waals surface area contributed by atoms with E-state index in [0.29, 0.717) is 11.3 Å². The number of nitrogen functional groups attached to an aromatic ring is 1. The van der Waals surface area contributed by atoms with Gasteiger partial charge in [0.2, 0.25) is 0 Å². The summed E-state index contributed by atoms with van der Waals surface area (Å²) >= 11 is 0. The highest BCUT2D eigenvalue weighted by atomic mass is 16.5. The smallest absolute Gasteiger partial charge is 0.340 e. The van der Waals surface area contributed by atoms with Gasteiger partial charge in [0.05, 0.1) is 11.7 Å². The molecule has 0 bridgehead atoms. The fourth-order valence-corrected chi connectivity index (χ4v) is 2.11. The minimum absolute atomic E-state index is 0.164. The summed E-state index contributed by atoms with van der Waals surface area (Å²) in [6.07, 6.45) is -0.164. The normalized spacial score (nSPS) is 10.6. The van der Waals surface area contributed by atoms with E-state index < -0.39 is 0 Å². The maximum atomic E-state index is 12.1. The van der Waals surface area contributed by atoms with Crippen LogP contribution in [0.1, 0.15) is 29.8 Å². The number of carbonyl (C=O) groups is 1. The van der Waals surface area contributed by atoms with Gasteiger partial charge in [0.1, 0.15) is 0 Å². The van der Waals surface area contributed by atoms with Gasteiger partial charge >= 0.3 is 5.97 Å². The number of aryl methyl sites for hydroxylation is 1. The third-order valence-corrected chi connectivity index (χ3v) is 3.04. The topological polar surface area (TPSA) is 52.3 Å². The molecule has 0 aliphatic carbocycles. The van der Waals surface area contributed by atoms with Crippen LogP contribution >= 0.6 is 0 Å². The van der Waals surface area contributed by atoms with E-state index in [1.807, 2.05) is 63.2 Å². The zero-order valence-corrected chi connectivity index (χ0v) is 12.0. The van der Waals surface area contributed by atoms with E-state index >= 15 is 0 Å². The molecule has 0 fully saturated rings. The van der Waals surface area contributed by atoms with E-state index in [1.165, 1.54) is 0 Å². The zero-order chi connectivity index (χ0) is 14.7. The van der Waals surface area contributed by atoms with Gasteiger partial charge in [-0.1, -0.05) is 30.3 Å². The molecule has 0 atom stereocenters. The van der Waals surface area contributed by atoms with Crippen molar-refractivity contribution in [2.24, 2.45) is 0 Å². The molecule has 0 aromatic heterocycles. The first kappa shape index (κ1) is 14.1. The summed E-state index contributed by atoms with van der Waals surface area (Å²) in [5.74, 6) is -0.380. The molecular formula is C17H19NO2. The number of hydrogen-bond acceptors (Lipinski definition) is 3. The van der Waals surface area contributed by atoms with Gasteiger partial charge in [-0.15, -0.1) is 0 Å². The molecule has 0 aliphatic heterocycles. The van der Waals surface area contributed by atoms with E-state index in [9.17, 15) is 4.79 Å². The second-order valence-corrected chi connectivity index (χ2v) is 5.07. The lowest BCUT2D eigenvalue weighted by Gasteiger charge is -2.13. The van der Waals surface area contributed by atoms with E-state index in [2.05, 4.69) is 0 Å². The summed E-state index contributed by atoms with van der Waals surface area (Å²) in [4.78, 5) is 12.1. The molecule has 20 heavy (non-hydrogen) atoms. The molecular weight excluding hydrogens is 250 g/mol. The molecule has 3 nitrogen and oxygen atoms in total. The maximum Gasteiger partial charge on any atom is 0.340 e. The number of esters is 1. The molecule has 0 saturated heterocycles. The van der Waals surface area contributed by atoms with Crippen molar-refractivity contribution in [1.29, 1.82) is 0 Å². The van der Waals surface area contributed by atoms with Crippen molar-refractivity contribution >= 4 is 11.7 Å². The Morgan fingerprint density at radius 3 is 2.40 bits per heavy atom. The second kappa shape index (κ2) is 5.78. The highest BCUT2D eigenvalue weighted by Crippen LogP contribution is 2.28. The van der Waals surface area contributed by atoms with Crippen LogP contribution in [0.15, 0.2) is 42.5 Å². The van der Waals surface area contributed by atoms with E-state index in [-0.39, 0.29) is 12.1 Å². The molecule has 0 aliphatic rings. The molecule has 104 valence electrons. The van der Waals surface area contributed by atoms with Crippen molar-refractivity contribution in [2.45, 2.75) is 26.9 Å². The summed E-state index contributed by atoms with van der Waals surface area (Å²) in [5.41, 5.74) is 9.91. The van der Waals surface area contributed by atoms with Crippen molar-refractivity contribution in [3.63, 3.8) is 0 Å². The molecule has 0 amide bonds. The number of nitrogens with two attached hydrogens (primary N) is 1. The van der Waals surface area contributed by atoms with Gasteiger partial charge in [0.15, 0.2) is 0 Å². The van der Waals surface area contributed by atoms with Gasteiger partial charge in [-0.3, -0.25) is 0 Å². The van der Waals surface area contributed by atoms with Crippen LogP contribution in [0.2, 0.25) is 0 Å². The average molecular weight is 269 g/mol. The minimum atomic E-state index is -0.380. The van der Waals surface area contributed by atoms with Crippen LogP contribution in [0.4, 0.5) is 5.69 Å². The Kier molecular flexibility index (Phi) is 4.08. The van der Waals surface area contributed by atoms with Gasteiger partial charge in [-0.25, -0.2) is 4.79 Å². The lowest BCUT2D eigenvalue weighted by atomic mass is 9.97. The fraction of sp³-hybridized carbons (Fsp3) is 0.235. The van der Waals surface area contributed by atoms with Crippen LogP contribution in [0.5, 0.6) is 0 Å². The monoisotopic (exact) mass is 269 g/mol. The summed E-state index contributed by atoms with van der Waals surface area (Å²) in [6, 6.07) is 13.6. The summed E-state index contributed by atoms with van der Waals surface area (Å²) in [6.45, 7) is 5.62. The van der Waals surface area contributed by atoms with Crippen LogP contribution in [0.25, 0.3) is 11.1 Å². The SMILES string of the molecule is Cc1cc(N)c(C(=O)OC(C)C)cc1-c1ccccc1. The van der Waals surface area contributed by atoms with Crippen LogP contribution < -0.4 is 5.73 Å². The third kappa shape index (κ3) is 2.99. The number of ether oxygens (including phenoxy) is 1. The predicted octanol–water partition coefficient (Wildman–Crippen LogP) is 3.81. The zero-order valence-electron chi connectivity index (χ0n) is 12.0. The van der Waals surface area contributed by atoms with Crippen molar-refractivity contribution in [3.05, 3.63) is 53.6 Å². The molecule has 0 heterocycles. The van der Waals surface area contributed by atoms with Gasteiger partial charge < -0.3 is 10.5 Å². The molecule has 0 unspecified atom stereocenters.